The van der Waals surface area contributed by atoms with Crippen molar-refractivity contribution < 1.29 is 9.18 Å². The maximum atomic E-state index is 13.9. The monoisotopic (exact) mass is 414 g/mol. The molecule has 0 saturated heterocycles. The van der Waals surface area contributed by atoms with Gasteiger partial charge in [0.15, 0.2) is 0 Å². The number of nitrogens with one attached hydrogen (secondary N) is 2. The Bertz CT molecular complexity index is 1010. The van der Waals surface area contributed by atoms with Crippen LogP contribution in [0, 0.1) is 5.82 Å². The van der Waals surface area contributed by atoms with E-state index in [1.165, 1.54) is 12.1 Å². The zero-order valence-corrected chi connectivity index (χ0v) is 16.3. The highest BCUT2D eigenvalue weighted by Crippen LogP contribution is 2.40. The molecule has 3 aromatic carbocycles. The number of hydrogen-bond acceptors (Lipinski definition) is 2. The number of rotatable bonds is 4. The van der Waals surface area contributed by atoms with E-state index in [1.807, 2.05) is 30.3 Å². The summed E-state index contributed by atoms with van der Waals surface area (Å²) in [4.78, 5) is 13.0. The molecule has 2 atom stereocenters. The Labute approximate surface area is 172 Å². The molecule has 1 aliphatic rings. The van der Waals surface area contributed by atoms with E-state index in [0.29, 0.717) is 16.6 Å². The predicted molar refractivity (Wildman–Crippen MR) is 110 cm³/mol. The van der Waals surface area contributed by atoms with E-state index >= 15 is 0 Å². The van der Waals surface area contributed by atoms with Gasteiger partial charge in [0.25, 0.3) is 0 Å². The molecule has 0 aromatic heterocycles. The van der Waals surface area contributed by atoms with E-state index in [0.717, 1.165) is 22.4 Å². The summed E-state index contributed by atoms with van der Waals surface area (Å²) in [6, 6.07) is 18.8. The first-order valence-corrected chi connectivity index (χ1v) is 9.60. The molecule has 28 heavy (non-hydrogen) atoms. The average molecular weight is 415 g/mol. The van der Waals surface area contributed by atoms with E-state index in [9.17, 15) is 9.18 Å². The number of hydrogen-bond donors (Lipinski definition) is 2. The van der Waals surface area contributed by atoms with Crippen molar-refractivity contribution >= 4 is 34.8 Å². The molecule has 3 aromatic rings. The molecule has 1 aliphatic heterocycles. The van der Waals surface area contributed by atoms with Crippen LogP contribution in [0.5, 0.6) is 0 Å². The normalized spacial score (nSPS) is 17.7. The second-order valence-corrected chi connectivity index (χ2v) is 7.61. The van der Waals surface area contributed by atoms with Crippen molar-refractivity contribution in [2.75, 3.05) is 5.32 Å². The van der Waals surface area contributed by atoms with E-state index in [2.05, 4.69) is 10.6 Å². The van der Waals surface area contributed by atoms with Crippen LogP contribution in [0.2, 0.25) is 10.0 Å². The van der Waals surface area contributed by atoms with Gasteiger partial charge in [-0.3, -0.25) is 4.79 Å². The summed E-state index contributed by atoms with van der Waals surface area (Å²) in [5.41, 5.74) is 3.30. The molecule has 0 saturated carbocycles. The molecule has 2 N–H and O–H groups in total. The number of amides is 1. The molecule has 4 rings (SSSR count). The smallest absolute Gasteiger partial charge is 0.243 e. The predicted octanol–water partition coefficient (Wildman–Crippen LogP) is 5.37. The summed E-state index contributed by atoms with van der Waals surface area (Å²) >= 11 is 12.1. The quantitative estimate of drug-likeness (QED) is 0.601. The standard InChI is InChI=1S/C22H17Cl2FN2O/c23-15-8-13(9-16(24)10-15)12-26-22(28)21-20(14-4-2-1-3-5-14)18-11-17(25)6-7-19(18)27-21/h1-11,20-21,27H,12H2,(H,26,28). The lowest BCUT2D eigenvalue weighted by molar-refractivity contribution is -0.122. The molecule has 1 amide bonds. The molecule has 3 nitrogen and oxygen atoms in total. The van der Waals surface area contributed by atoms with Gasteiger partial charge in [-0.2, -0.15) is 0 Å². The van der Waals surface area contributed by atoms with Gasteiger partial charge in [0, 0.05) is 28.2 Å². The topological polar surface area (TPSA) is 41.1 Å². The first kappa shape index (κ1) is 18.8. The molecule has 0 fully saturated rings. The Balaban J connectivity index is 1.59. The molecular formula is C22H17Cl2FN2O. The summed E-state index contributed by atoms with van der Waals surface area (Å²) < 4.78 is 13.9. The van der Waals surface area contributed by atoms with E-state index in [4.69, 9.17) is 23.2 Å². The van der Waals surface area contributed by atoms with Crippen LogP contribution in [0.25, 0.3) is 0 Å². The van der Waals surface area contributed by atoms with Gasteiger partial charge in [0.05, 0.1) is 0 Å². The minimum absolute atomic E-state index is 0.179. The maximum absolute atomic E-state index is 13.9. The summed E-state index contributed by atoms with van der Waals surface area (Å²) in [6.45, 7) is 0.295. The minimum atomic E-state index is -0.547. The zero-order valence-electron chi connectivity index (χ0n) is 14.8. The van der Waals surface area contributed by atoms with Gasteiger partial charge in [-0.25, -0.2) is 4.39 Å². The van der Waals surface area contributed by atoms with Gasteiger partial charge < -0.3 is 10.6 Å². The molecule has 0 radical (unpaired) electrons. The van der Waals surface area contributed by atoms with Gasteiger partial charge in [0.1, 0.15) is 11.9 Å². The molecule has 2 unspecified atom stereocenters. The number of anilines is 1. The fraction of sp³-hybridized carbons (Fsp3) is 0.136. The van der Waals surface area contributed by atoms with Crippen LogP contribution in [0.15, 0.2) is 66.7 Å². The fourth-order valence-corrected chi connectivity index (χ4v) is 4.19. The highest BCUT2D eigenvalue weighted by molar-refractivity contribution is 6.34. The Morgan fingerprint density at radius 1 is 1.00 bits per heavy atom. The van der Waals surface area contributed by atoms with Crippen LogP contribution >= 0.6 is 23.2 Å². The first-order valence-electron chi connectivity index (χ1n) is 8.85. The number of carbonyl (C=O) groups excluding carboxylic acids is 1. The third-order valence-corrected chi connectivity index (χ3v) is 5.26. The van der Waals surface area contributed by atoms with Crippen molar-refractivity contribution in [2.45, 2.75) is 18.5 Å². The number of fused-ring (bicyclic) bond motifs is 1. The Morgan fingerprint density at radius 3 is 2.43 bits per heavy atom. The highest BCUT2D eigenvalue weighted by atomic mass is 35.5. The highest BCUT2D eigenvalue weighted by Gasteiger charge is 2.38. The third kappa shape index (κ3) is 3.84. The lowest BCUT2D eigenvalue weighted by atomic mass is 9.87. The molecule has 0 spiro atoms. The Kier molecular flexibility index (Phi) is 5.25. The number of benzene rings is 3. The fourth-order valence-electron chi connectivity index (χ4n) is 3.61. The van der Waals surface area contributed by atoms with Crippen LogP contribution < -0.4 is 10.6 Å². The van der Waals surface area contributed by atoms with Crippen LogP contribution in [0.3, 0.4) is 0 Å². The summed E-state index contributed by atoms with van der Waals surface area (Å²) in [5, 5.41) is 7.20. The van der Waals surface area contributed by atoms with Gasteiger partial charge in [-0.05, 0) is 53.1 Å². The molecule has 0 aliphatic carbocycles. The average Bonchev–Trinajstić information content (AvgIpc) is 3.04. The molecule has 0 bridgehead atoms. The van der Waals surface area contributed by atoms with E-state index in [-0.39, 0.29) is 17.6 Å². The second-order valence-electron chi connectivity index (χ2n) is 6.74. The summed E-state index contributed by atoms with van der Waals surface area (Å²) in [6.07, 6.45) is 0. The van der Waals surface area contributed by atoms with E-state index < -0.39 is 6.04 Å². The van der Waals surface area contributed by atoms with Gasteiger partial charge in [-0.15, -0.1) is 0 Å². The third-order valence-electron chi connectivity index (χ3n) is 4.82. The zero-order chi connectivity index (χ0) is 19.7. The van der Waals surface area contributed by atoms with Crippen molar-refractivity contribution in [2.24, 2.45) is 0 Å². The number of halogens is 3. The second kappa shape index (κ2) is 7.82. The van der Waals surface area contributed by atoms with Crippen molar-refractivity contribution in [3.05, 3.63) is 99.3 Å². The van der Waals surface area contributed by atoms with E-state index in [1.54, 1.807) is 24.3 Å². The first-order chi connectivity index (χ1) is 13.5. The largest absolute Gasteiger partial charge is 0.373 e. The van der Waals surface area contributed by atoms with Gasteiger partial charge >= 0.3 is 0 Å². The van der Waals surface area contributed by atoms with Gasteiger partial charge in [0.2, 0.25) is 5.91 Å². The van der Waals surface area contributed by atoms with Crippen LogP contribution in [0.1, 0.15) is 22.6 Å². The molecule has 1 heterocycles. The maximum Gasteiger partial charge on any atom is 0.243 e. The number of carbonyl (C=O) groups is 1. The minimum Gasteiger partial charge on any atom is -0.373 e. The molecule has 6 heteroatoms. The van der Waals surface area contributed by atoms with Crippen molar-refractivity contribution in [1.29, 1.82) is 0 Å². The SMILES string of the molecule is O=C(NCc1cc(Cl)cc(Cl)c1)C1Nc2ccc(F)cc2C1c1ccccc1. The van der Waals surface area contributed by atoms with Gasteiger partial charge in [-0.1, -0.05) is 53.5 Å². The lowest BCUT2D eigenvalue weighted by Crippen LogP contribution is -2.40. The van der Waals surface area contributed by atoms with Crippen LogP contribution in [-0.2, 0) is 11.3 Å². The Morgan fingerprint density at radius 2 is 1.71 bits per heavy atom. The van der Waals surface area contributed by atoms with Crippen LogP contribution in [-0.4, -0.2) is 11.9 Å². The molecule has 142 valence electrons. The van der Waals surface area contributed by atoms with Crippen molar-refractivity contribution in [1.82, 2.24) is 5.32 Å². The van der Waals surface area contributed by atoms with Crippen LogP contribution in [0.4, 0.5) is 10.1 Å². The summed E-state index contributed by atoms with van der Waals surface area (Å²) in [5.74, 6) is -0.785. The van der Waals surface area contributed by atoms with Crippen molar-refractivity contribution in [3.8, 4) is 0 Å². The van der Waals surface area contributed by atoms with Crippen molar-refractivity contribution in [3.63, 3.8) is 0 Å². The summed E-state index contributed by atoms with van der Waals surface area (Å²) in [7, 11) is 0. The molecular weight excluding hydrogens is 398 g/mol. The lowest BCUT2D eigenvalue weighted by Gasteiger charge is -2.20. The Hall–Kier alpha value is -2.56.